The third kappa shape index (κ3) is 1.52. The van der Waals surface area contributed by atoms with Crippen molar-refractivity contribution in [3.63, 3.8) is 0 Å². The summed E-state index contributed by atoms with van der Waals surface area (Å²) in [6, 6.07) is 5.45. The van der Waals surface area contributed by atoms with Crippen LogP contribution in [-0.4, -0.2) is 0 Å². The van der Waals surface area contributed by atoms with Crippen molar-refractivity contribution < 1.29 is 4.39 Å². The van der Waals surface area contributed by atoms with Gasteiger partial charge in [-0.3, -0.25) is 0 Å². The zero-order valence-corrected chi connectivity index (χ0v) is 6.50. The summed E-state index contributed by atoms with van der Waals surface area (Å²) in [7, 11) is 0. The molecular weight excluding hydrogens is 183 g/mol. The van der Waals surface area contributed by atoms with E-state index in [0.717, 1.165) is 10.0 Å². The molecule has 9 heavy (non-hydrogen) atoms. The van der Waals surface area contributed by atoms with Crippen molar-refractivity contribution in [2.24, 2.45) is 0 Å². The van der Waals surface area contributed by atoms with E-state index in [1.165, 1.54) is 6.07 Å². The van der Waals surface area contributed by atoms with E-state index >= 15 is 0 Å². The topological polar surface area (TPSA) is 0 Å². The second-order valence-electron chi connectivity index (χ2n) is 1.81. The molecule has 47 valence electrons. The predicted octanol–water partition coefficient (Wildman–Crippen LogP) is 2.70. The number of hydrogen-bond donors (Lipinski definition) is 0. The maximum atomic E-state index is 12.3. The van der Waals surface area contributed by atoms with Crippen LogP contribution in [-0.2, 0) is 0 Å². The summed E-state index contributed by atoms with van der Waals surface area (Å²) in [4.78, 5) is 0. The minimum absolute atomic E-state index is 0.326. The second-order valence-corrected chi connectivity index (χ2v) is 2.67. The fraction of sp³-hybridized carbons (Fsp3) is 0.143. The van der Waals surface area contributed by atoms with Crippen LogP contribution in [0.4, 0.5) is 4.39 Å². The van der Waals surface area contributed by atoms with E-state index in [1.807, 2.05) is 6.92 Å². The van der Waals surface area contributed by atoms with Crippen LogP contribution in [0.15, 0.2) is 16.6 Å². The van der Waals surface area contributed by atoms with Crippen LogP contribution in [0.2, 0.25) is 0 Å². The monoisotopic (exact) mass is 187 g/mol. The summed E-state index contributed by atoms with van der Waals surface area (Å²) in [5.41, 5.74) is 0.997. The van der Waals surface area contributed by atoms with Crippen LogP contribution in [0.5, 0.6) is 0 Å². The SMILES string of the molecule is Cc1c[c]c(F)cc1Br. The molecule has 0 spiro atoms. The van der Waals surface area contributed by atoms with Gasteiger partial charge in [0.05, 0.1) is 0 Å². The molecule has 1 aromatic carbocycles. The van der Waals surface area contributed by atoms with Gasteiger partial charge >= 0.3 is 0 Å². The molecule has 0 bridgehead atoms. The molecule has 0 aromatic heterocycles. The molecule has 0 amide bonds. The molecular formula is C7H5BrF. The molecule has 0 aliphatic rings. The quantitative estimate of drug-likeness (QED) is 0.587. The summed E-state index contributed by atoms with van der Waals surface area (Å²) >= 11 is 3.19. The van der Waals surface area contributed by atoms with Gasteiger partial charge in [-0.25, -0.2) is 4.39 Å². The van der Waals surface area contributed by atoms with Gasteiger partial charge in [0.1, 0.15) is 5.82 Å². The van der Waals surface area contributed by atoms with E-state index in [-0.39, 0.29) is 5.82 Å². The van der Waals surface area contributed by atoms with Crippen molar-refractivity contribution >= 4 is 15.9 Å². The largest absolute Gasteiger partial charge is 0.206 e. The molecule has 1 aromatic rings. The molecule has 0 aliphatic carbocycles. The molecule has 2 heteroatoms. The average Bonchev–Trinajstić information content (AvgIpc) is 1.80. The van der Waals surface area contributed by atoms with Crippen LogP contribution < -0.4 is 0 Å². The van der Waals surface area contributed by atoms with Crippen molar-refractivity contribution in [3.05, 3.63) is 34.1 Å². The van der Waals surface area contributed by atoms with Gasteiger partial charge in [-0.2, -0.15) is 0 Å². The van der Waals surface area contributed by atoms with Crippen molar-refractivity contribution in [1.82, 2.24) is 0 Å². The summed E-state index contributed by atoms with van der Waals surface area (Å²) in [6.07, 6.45) is 0. The molecule has 1 radical (unpaired) electrons. The van der Waals surface area contributed by atoms with E-state index in [4.69, 9.17) is 0 Å². The second kappa shape index (κ2) is 2.48. The number of aryl methyl sites for hydroxylation is 1. The molecule has 0 nitrogen and oxygen atoms in total. The predicted molar refractivity (Wildman–Crippen MR) is 37.7 cm³/mol. The van der Waals surface area contributed by atoms with E-state index in [2.05, 4.69) is 22.0 Å². The number of halogens is 2. The van der Waals surface area contributed by atoms with Crippen molar-refractivity contribution in [2.45, 2.75) is 6.92 Å². The Balaban J connectivity index is 3.17. The van der Waals surface area contributed by atoms with Gasteiger partial charge in [0.15, 0.2) is 0 Å². The van der Waals surface area contributed by atoms with Crippen molar-refractivity contribution in [2.75, 3.05) is 0 Å². The lowest BCUT2D eigenvalue weighted by Gasteiger charge is -1.93. The van der Waals surface area contributed by atoms with Crippen LogP contribution in [0, 0.1) is 18.8 Å². The summed E-state index contributed by atoms with van der Waals surface area (Å²) in [6.45, 7) is 1.89. The fourth-order valence-corrected chi connectivity index (χ4v) is 0.828. The summed E-state index contributed by atoms with van der Waals surface area (Å²) in [5, 5.41) is 0. The molecule has 0 unspecified atom stereocenters. The Hall–Kier alpha value is -0.370. The van der Waals surface area contributed by atoms with Gasteiger partial charge in [0.2, 0.25) is 0 Å². The number of rotatable bonds is 0. The van der Waals surface area contributed by atoms with Crippen LogP contribution in [0.1, 0.15) is 5.56 Å². The van der Waals surface area contributed by atoms with Gasteiger partial charge in [-0.05, 0) is 24.6 Å². The molecule has 0 saturated heterocycles. The highest BCUT2D eigenvalue weighted by Crippen LogP contribution is 2.15. The Morgan fingerprint density at radius 2 is 2.33 bits per heavy atom. The highest BCUT2D eigenvalue weighted by molar-refractivity contribution is 9.10. The Kier molecular flexibility index (Phi) is 1.86. The standard InChI is InChI=1S/C7H5BrF/c1-5-2-3-6(9)4-7(5)8/h2,4H,1H3. The summed E-state index contributed by atoms with van der Waals surface area (Å²) in [5.74, 6) is -0.326. The fourth-order valence-electron chi connectivity index (χ4n) is 0.513. The molecule has 0 atom stereocenters. The molecule has 0 saturated carbocycles. The first-order valence-corrected chi connectivity index (χ1v) is 3.33. The normalized spacial score (nSPS) is 9.67. The smallest absolute Gasteiger partial charge is 0.132 e. The Labute approximate surface area is 61.8 Å². The van der Waals surface area contributed by atoms with Crippen molar-refractivity contribution in [1.29, 1.82) is 0 Å². The van der Waals surface area contributed by atoms with Crippen LogP contribution in [0.3, 0.4) is 0 Å². The van der Waals surface area contributed by atoms with Crippen LogP contribution >= 0.6 is 15.9 Å². The minimum atomic E-state index is -0.326. The Bertz CT molecular complexity index is 220. The first-order chi connectivity index (χ1) is 4.20. The Morgan fingerprint density at radius 3 is 2.78 bits per heavy atom. The van der Waals surface area contributed by atoms with Crippen molar-refractivity contribution in [3.8, 4) is 0 Å². The van der Waals surface area contributed by atoms with Gasteiger partial charge in [0, 0.05) is 10.5 Å². The molecule has 0 fully saturated rings. The summed E-state index contributed by atoms with van der Waals surface area (Å²) < 4.78 is 13.1. The molecule has 0 N–H and O–H groups in total. The first-order valence-electron chi connectivity index (χ1n) is 2.53. The van der Waals surface area contributed by atoms with E-state index < -0.39 is 0 Å². The van der Waals surface area contributed by atoms with Crippen LogP contribution in [0.25, 0.3) is 0 Å². The zero-order valence-electron chi connectivity index (χ0n) is 4.91. The first kappa shape index (κ1) is 6.75. The average molecular weight is 188 g/mol. The Morgan fingerprint density at radius 1 is 1.67 bits per heavy atom. The minimum Gasteiger partial charge on any atom is -0.206 e. The third-order valence-electron chi connectivity index (χ3n) is 1.06. The van der Waals surface area contributed by atoms with E-state index in [9.17, 15) is 4.39 Å². The lowest BCUT2D eigenvalue weighted by atomic mass is 10.2. The maximum absolute atomic E-state index is 12.3. The molecule has 0 aliphatic heterocycles. The van der Waals surface area contributed by atoms with E-state index in [1.54, 1.807) is 6.07 Å². The maximum Gasteiger partial charge on any atom is 0.132 e. The van der Waals surface area contributed by atoms with Gasteiger partial charge in [0.25, 0.3) is 0 Å². The van der Waals surface area contributed by atoms with Gasteiger partial charge in [-0.1, -0.05) is 15.9 Å². The third-order valence-corrected chi connectivity index (χ3v) is 1.91. The lowest BCUT2D eigenvalue weighted by Crippen LogP contribution is -1.77. The van der Waals surface area contributed by atoms with E-state index in [0.29, 0.717) is 0 Å². The number of benzene rings is 1. The van der Waals surface area contributed by atoms with Gasteiger partial charge in [-0.15, -0.1) is 0 Å². The highest BCUT2D eigenvalue weighted by atomic mass is 79.9. The zero-order chi connectivity index (χ0) is 6.85. The molecule has 0 heterocycles. The van der Waals surface area contributed by atoms with Gasteiger partial charge < -0.3 is 0 Å². The molecule has 1 rings (SSSR count). The number of hydrogen-bond acceptors (Lipinski definition) is 0. The lowest BCUT2D eigenvalue weighted by molar-refractivity contribution is 0.624. The highest BCUT2D eigenvalue weighted by Gasteiger charge is 1.94.